The van der Waals surface area contributed by atoms with Crippen LogP contribution in [0, 0.1) is 0 Å². The number of unbranched alkanes of at least 4 members (excludes halogenated alkanes) is 42. The van der Waals surface area contributed by atoms with Gasteiger partial charge < -0.3 is 14.2 Å². The number of hydrogen-bond acceptors (Lipinski definition) is 5. The van der Waals surface area contributed by atoms with Crippen LogP contribution in [0.4, 0.5) is 0 Å². The third-order valence-electron chi connectivity index (χ3n) is 13.3. The molecule has 64 heavy (non-hydrogen) atoms. The summed E-state index contributed by atoms with van der Waals surface area (Å²) in [6, 6.07) is 0. The van der Waals surface area contributed by atoms with Crippen LogP contribution in [-0.2, 0) is 23.8 Å². The summed E-state index contributed by atoms with van der Waals surface area (Å²) in [5, 5.41) is 0. The molecule has 0 saturated heterocycles. The third-order valence-corrected chi connectivity index (χ3v) is 13.3. The van der Waals surface area contributed by atoms with Crippen LogP contribution in [0.1, 0.15) is 329 Å². The maximum absolute atomic E-state index is 12.8. The molecular formula is C59H114O5. The molecule has 0 amide bonds. The number of carbonyl (C=O) groups excluding carboxylic acids is 2. The van der Waals surface area contributed by atoms with Crippen molar-refractivity contribution in [3.05, 3.63) is 12.2 Å². The summed E-state index contributed by atoms with van der Waals surface area (Å²) in [7, 11) is 0. The Morgan fingerprint density at radius 3 is 0.953 bits per heavy atom. The maximum Gasteiger partial charge on any atom is 0.306 e. The summed E-state index contributed by atoms with van der Waals surface area (Å²) in [6.45, 7) is 7.90. The second-order valence-corrected chi connectivity index (χ2v) is 19.9. The van der Waals surface area contributed by atoms with Gasteiger partial charge in [0.05, 0.1) is 6.61 Å². The van der Waals surface area contributed by atoms with E-state index in [2.05, 4.69) is 32.9 Å². The Labute approximate surface area is 401 Å². The Morgan fingerprint density at radius 2 is 0.609 bits per heavy atom. The zero-order chi connectivity index (χ0) is 46.3. The summed E-state index contributed by atoms with van der Waals surface area (Å²) < 4.78 is 17.5. The van der Waals surface area contributed by atoms with Gasteiger partial charge in [0.25, 0.3) is 0 Å². The van der Waals surface area contributed by atoms with E-state index in [0.717, 1.165) is 32.1 Å². The molecule has 5 nitrogen and oxygen atoms in total. The molecule has 1 unspecified atom stereocenters. The van der Waals surface area contributed by atoms with E-state index < -0.39 is 6.10 Å². The van der Waals surface area contributed by atoms with Gasteiger partial charge in [-0.25, -0.2) is 0 Å². The normalized spacial score (nSPS) is 12.1. The van der Waals surface area contributed by atoms with Gasteiger partial charge in [-0.15, -0.1) is 0 Å². The molecule has 0 spiro atoms. The lowest BCUT2D eigenvalue weighted by Crippen LogP contribution is -2.30. The van der Waals surface area contributed by atoms with Crippen LogP contribution in [0.2, 0.25) is 0 Å². The van der Waals surface area contributed by atoms with E-state index in [1.165, 1.54) is 263 Å². The fraction of sp³-hybridized carbons (Fsp3) is 0.932. The molecule has 0 saturated carbocycles. The summed E-state index contributed by atoms with van der Waals surface area (Å²) in [6.07, 6.45) is 65.2. The Morgan fingerprint density at radius 1 is 0.328 bits per heavy atom. The molecule has 0 aliphatic carbocycles. The van der Waals surface area contributed by atoms with Gasteiger partial charge in [-0.05, 0) is 44.9 Å². The Kier molecular flexibility index (Phi) is 54.8. The minimum absolute atomic E-state index is 0.0942. The van der Waals surface area contributed by atoms with E-state index >= 15 is 0 Å². The van der Waals surface area contributed by atoms with Crippen molar-refractivity contribution in [2.75, 3.05) is 19.8 Å². The number of allylic oxidation sites excluding steroid dienone is 2. The van der Waals surface area contributed by atoms with E-state index in [4.69, 9.17) is 14.2 Å². The molecule has 0 aromatic carbocycles. The molecule has 0 aliphatic heterocycles. The monoisotopic (exact) mass is 903 g/mol. The smallest absolute Gasteiger partial charge is 0.306 e. The van der Waals surface area contributed by atoms with E-state index in [9.17, 15) is 9.59 Å². The van der Waals surface area contributed by atoms with Crippen LogP contribution in [-0.4, -0.2) is 37.9 Å². The highest BCUT2D eigenvalue weighted by atomic mass is 16.6. The number of rotatable bonds is 55. The lowest BCUT2D eigenvalue weighted by atomic mass is 10.0. The van der Waals surface area contributed by atoms with E-state index in [1.54, 1.807) is 0 Å². The van der Waals surface area contributed by atoms with Crippen molar-refractivity contribution >= 4 is 11.9 Å². The topological polar surface area (TPSA) is 61.8 Å². The van der Waals surface area contributed by atoms with Crippen LogP contribution >= 0.6 is 0 Å². The SMILES string of the molecule is CCCCCCCC/C=C\CCCCCCCCCCCC(=O)OCC(COCCCCCCCCCCCCCC)OC(=O)CCCCCCCCCCCCCCCCCCC. The average Bonchev–Trinajstić information content (AvgIpc) is 3.30. The van der Waals surface area contributed by atoms with Crippen molar-refractivity contribution in [3.8, 4) is 0 Å². The summed E-state index contributed by atoms with van der Waals surface area (Å²) in [5.41, 5.74) is 0. The highest BCUT2D eigenvalue weighted by molar-refractivity contribution is 5.70. The summed E-state index contributed by atoms with van der Waals surface area (Å²) in [4.78, 5) is 25.5. The van der Waals surface area contributed by atoms with Gasteiger partial charge in [0.1, 0.15) is 6.61 Å². The molecule has 0 aromatic rings. The van der Waals surface area contributed by atoms with Crippen molar-refractivity contribution in [2.45, 2.75) is 335 Å². The van der Waals surface area contributed by atoms with Crippen LogP contribution in [0.3, 0.4) is 0 Å². The van der Waals surface area contributed by atoms with Crippen LogP contribution in [0.25, 0.3) is 0 Å². The molecule has 0 fully saturated rings. The van der Waals surface area contributed by atoms with Crippen molar-refractivity contribution in [1.29, 1.82) is 0 Å². The largest absolute Gasteiger partial charge is 0.462 e. The molecule has 0 aliphatic rings. The molecule has 0 bridgehead atoms. The van der Waals surface area contributed by atoms with Crippen molar-refractivity contribution in [2.24, 2.45) is 0 Å². The van der Waals surface area contributed by atoms with Crippen LogP contribution in [0.5, 0.6) is 0 Å². The molecule has 0 heterocycles. The maximum atomic E-state index is 12.8. The van der Waals surface area contributed by atoms with E-state index in [0.29, 0.717) is 26.1 Å². The predicted molar refractivity (Wildman–Crippen MR) is 279 cm³/mol. The number of hydrogen-bond donors (Lipinski definition) is 0. The first kappa shape index (κ1) is 62.6. The molecule has 380 valence electrons. The van der Waals surface area contributed by atoms with Gasteiger partial charge in [-0.1, -0.05) is 283 Å². The van der Waals surface area contributed by atoms with Crippen molar-refractivity contribution in [3.63, 3.8) is 0 Å². The third kappa shape index (κ3) is 53.3. The molecule has 0 aromatic heterocycles. The molecule has 1 atom stereocenters. The fourth-order valence-corrected chi connectivity index (χ4v) is 8.92. The molecular weight excluding hydrogens is 789 g/mol. The molecule has 0 N–H and O–H groups in total. The minimum atomic E-state index is -0.527. The van der Waals surface area contributed by atoms with E-state index in [-0.39, 0.29) is 18.5 Å². The van der Waals surface area contributed by atoms with Crippen LogP contribution < -0.4 is 0 Å². The Bertz CT molecular complexity index is 932. The summed E-state index contributed by atoms with van der Waals surface area (Å²) in [5.74, 6) is -0.372. The quantitative estimate of drug-likeness (QED) is 0.0346. The second-order valence-electron chi connectivity index (χ2n) is 19.9. The lowest BCUT2D eigenvalue weighted by Gasteiger charge is -2.18. The first-order valence-corrected chi connectivity index (χ1v) is 29.2. The first-order valence-electron chi connectivity index (χ1n) is 29.2. The number of ether oxygens (including phenoxy) is 3. The van der Waals surface area contributed by atoms with E-state index in [1.807, 2.05) is 0 Å². The first-order chi connectivity index (χ1) is 31.6. The fourth-order valence-electron chi connectivity index (χ4n) is 8.92. The number of esters is 2. The van der Waals surface area contributed by atoms with Crippen molar-refractivity contribution < 1.29 is 23.8 Å². The van der Waals surface area contributed by atoms with Gasteiger partial charge >= 0.3 is 11.9 Å². The molecule has 5 heteroatoms. The highest BCUT2D eigenvalue weighted by Gasteiger charge is 2.17. The minimum Gasteiger partial charge on any atom is -0.462 e. The Balaban J connectivity index is 4.16. The zero-order valence-corrected chi connectivity index (χ0v) is 43.8. The van der Waals surface area contributed by atoms with Crippen LogP contribution in [0.15, 0.2) is 12.2 Å². The molecule has 0 radical (unpaired) electrons. The average molecular weight is 904 g/mol. The van der Waals surface area contributed by atoms with Gasteiger partial charge in [0.15, 0.2) is 6.10 Å². The second kappa shape index (κ2) is 56.0. The highest BCUT2D eigenvalue weighted by Crippen LogP contribution is 2.17. The van der Waals surface area contributed by atoms with Gasteiger partial charge in [-0.3, -0.25) is 9.59 Å². The lowest BCUT2D eigenvalue weighted by molar-refractivity contribution is -0.163. The molecule has 0 rings (SSSR count). The standard InChI is InChI=1S/C59H114O5/c1-4-7-10-13-16-19-22-25-27-29-30-32-33-35-37-40-43-46-49-52-58(60)63-56-57(55-62-54-51-48-45-42-39-24-21-18-15-12-9-6-3)64-59(61)53-50-47-44-41-38-36-34-31-28-26-23-20-17-14-11-8-5-2/h25,27,57H,4-24,26,28-56H2,1-3H3/b27-25-. The van der Waals surface area contributed by atoms with Gasteiger partial charge in [-0.2, -0.15) is 0 Å². The van der Waals surface area contributed by atoms with Crippen molar-refractivity contribution in [1.82, 2.24) is 0 Å². The number of carbonyl (C=O) groups is 2. The summed E-state index contributed by atoms with van der Waals surface area (Å²) >= 11 is 0. The van der Waals surface area contributed by atoms with Gasteiger partial charge in [0.2, 0.25) is 0 Å². The van der Waals surface area contributed by atoms with Gasteiger partial charge in [0, 0.05) is 19.4 Å². The zero-order valence-electron chi connectivity index (χ0n) is 43.8. The Hall–Kier alpha value is -1.36. The predicted octanol–water partition coefficient (Wildman–Crippen LogP) is 19.8.